The fourth-order valence-electron chi connectivity index (χ4n) is 4.00. The van der Waals surface area contributed by atoms with Crippen LogP contribution in [0.5, 0.6) is 0 Å². The monoisotopic (exact) mass is 479 g/mol. The highest BCUT2D eigenvalue weighted by Gasteiger charge is 2.26. The molecule has 1 aliphatic rings. The molecule has 1 aromatic heterocycles. The van der Waals surface area contributed by atoms with E-state index in [1.807, 2.05) is 18.2 Å². The smallest absolute Gasteiger partial charge is 0.301 e. The molecular weight excluding hydrogens is 442 g/mol. The van der Waals surface area contributed by atoms with Gasteiger partial charge < -0.3 is 14.6 Å². The topological polar surface area (TPSA) is 106 Å². The van der Waals surface area contributed by atoms with E-state index in [0.717, 1.165) is 49.5 Å². The number of anilines is 1. The predicted octanol–water partition coefficient (Wildman–Crippen LogP) is 2.56. The molecule has 0 aliphatic carbocycles. The van der Waals surface area contributed by atoms with Gasteiger partial charge in [0, 0.05) is 51.7 Å². The normalized spacial score (nSPS) is 15.7. The zero-order valence-electron chi connectivity index (χ0n) is 20.3. The summed E-state index contributed by atoms with van der Waals surface area (Å²) in [5, 5.41) is 2.66. The van der Waals surface area contributed by atoms with Gasteiger partial charge in [-0.25, -0.2) is 4.98 Å². The molecule has 0 spiro atoms. The molecule has 33 heavy (non-hydrogen) atoms. The van der Waals surface area contributed by atoms with Crippen LogP contribution in [-0.4, -0.2) is 57.2 Å². The number of nitrogens with one attached hydrogen (secondary N) is 2. The first-order chi connectivity index (χ1) is 15.5. The number of fused-ring (bicyclic) bond motifs is 1. The minimum absolute atomic E-state index is 0.112. The third kappa shape index (κ3) is 6.24. The van der Waals surface area contributed by atoms with Gasteiger partial charge in [0.05, 0.1) is 16.7 Å². The van der Waals surface area contributed by atoms with Gasteiger partial charge in [-0.15, -0.1) is 0 Å². The Kier molecular flexibility index (Phi) is 8.02. The Bertz CT molecular complexity index is 1070. The molecule has 1 aliphatic heterocycles. The maximum absolute atomic E-state index is 12.7. The van der Waals surface area contributed by atoms with E-state index in [1.165, 1.54) is 11.4 Å². The molecule has 0 unspecified atom stereocenters. The van der Waals surface area contributed by atoms with Crippen LogP contribution in [0.2, 0.25) is 0 Å². The first-order valence-electron chi connectivity index (χ1n) is 11.6. The van der Waals surface area contributed by atoms with Gasteiger partial charge >= 0.3 is 10.2 Å². The van der Waals surface area contributed by atoms with Crippen LogP contribution in [0.4, 0.5) is 5.69 Å². The molecule has 1 saturated heterocycles. The van der Waals surface area contributed by atoms with Gasteiger partial charge in [-0.2, -0.15) is 13.1 Å². The highest BCUT2D eigenvalue weighted by molar-refractivity contribution is 7.90. The van der Waals surface area contributed by atoms with Crippen LogP contribution < -0.4 is 14.3 Å². The fraction of sp³-hybridized carbons (Fsp3) is 0.652. The van der Waals surface area contributed by atoms with Crippen molar-refractivity contribution in [2.45, 2.75) is 58.9 Å². The average molecular weight is 480 g/mol. The fourth-order valence-corrected chi connectivity index (χ4v) is 4.95. The summed E-state index contributed by atoms with van der Waals surface area (Å²) in [6, 6.07) is 5.60. The van der Waals surface area contributed by atoms with Gasteiger partial charge in [-0.05, 0) is 37.0 Å². The number of nitrogens with zero attached hydrogens (tertiary/aromatic N) is 3. The van der Waals surface area contributed by atoms with Gasteiger partial charge in [-0.1, -0.05) is 27.7 Å². The number of amides is 1. The summed E-state index contributed by atoms with van der Waals surface area (Å²) in [6.07, 6.45) is 2.43. The Balaban J connectivity index is 1.83. The van der Waals surface area contributed by atoms with E-state index in [0.29, 0.717) is 18.0 Å². The minimum atomic E-state index is -3.76. The van der Waals surface area contributed by atoms with E-state index in [2.05, 4.69) is 35.4 Å². The van der Waals surface area contributed by atoms with Crippen molar-refractivity contribution in [1.29, 1.82) is 0 Å². The highest BCUT2D eigenvalue weighted by atomic mass is 32.2. The van der Waals surface area contributed by atoms with Gasteiger partial charge in [0.2, 0.25) is 5.91 Å². The third-order valence-corrected chi connectivity index (χ3v) is 7.46. The van der Waals surface area contributed by atoms with Crippen LogP contribution in [0.3, 0.4) is 0 Å². The Morgan fingerprint density at radius 2 is 1.94 bits per heavy atom. The van der Waals surface area contributed by atoms with Gasteiger partial charge in [0.1, 0.15) is 5.82 Å². The van der Waals surface area contributed by atoms with Crippen molar-refractivity contribution < 1.29 is 17.9 Å². The number of aromatic nitrogens is 2. The summed E-state index contributed by atoms with van der Waals surface area (Å²) in [6.45, 7) is 11.0. The molecule has 10 heteroatoms. The lowest BCUT2D eigenvalue weighted by Gasteiger charge is -2.26. The van der Waals surface area contributed by atoms with Gasteiger partial charge in [-0.3, -0.25) is 9.10 Å². The molecule has 0 atom stereocenters. The van der Waals surface area contributed by atoms with Crippen LogP contribution in [0.1, 0.15) is 52.8 Å². The Hall–Kier alpha value is -2.17. The lowest BCUT2D eigenvalue weighted by molar-refractivity contribution is -0.120. The number of imidazole rings is 1. The Morgan fingerprint density at radius 1 is 1.24 bits per heavy atom. The van der Waals surface area contributed by atoms with Crippen LogP contribution >= 0.6 is 0 Å². The maximum Gasteiger partial charge on any atom is 0.301 e. The molecule has 0 radical (unpaired) electrons. The van der Waals surface area contributed by atoms with Crippen LogP contribution in [0.25, 0.3) is 11.0 Å². The van der Waals surface area contributed by atoms with Crippen LogP contribution in [0.15, 0.2) is 18.2 Å². The van der Waals surface area contributed by atoms with Gasteiger partial charge in [0.25, 0.3) is 0 Å². The number of ether oxygens (including phenoxy) is 1. The number of hydrogen-bond acceptors (Lipinski definition) is 5. The van der Waals surface area contributed by atoms with Gasteiger partial charge in [0.15, 0.2) is 0 Å². The molecule has 0 bridgehead atoms. The largest absolute Gasteiger partial charge is 0.381 e. The summed E-state index contributed by atoms with van der Waals surface area (Å²) in [4.78, 5) is 16.2. The molecule has 0 saturated carbocycles. The van der Waals surface area contributed by atoms with E-state index in [9.17, 15) is 13.2 Å². The third-order valence-electron chi connectivity index (χ3n) is 5.96. The molecule has 2 N–H and O–H groups in total. The van der Waals surface area contributed by atoms with Crippen molar-refractivity contribution in [3.63, 3.8) is 0 Å². The van der Waals surface area contributed by atoms with Crippen molar-refractivity contribution in [2.24, 2.45) is 5.92 Å². The Morgan fingerprint density at radius 3 is 2.58 bits per heavy atom. The lowest BCUT2D eigenvalue weighted by atomic mass is 9.94. The maximum atomic E-state index is 12.7. The molecule has 1 aromatic carbocycles. The lowest BCUT2D eigenvalue weighted by Crippen LogP contribution is -2.41. The summed E-state index contributed by atoms with van der Waals surface area (Å²) in [5.74, 6) is 1.42. The molecule has 1 amide bonds. The first kappa shape index (κ1) is 25.5. The molecule has 2 heterocycles. The number of rotatable bonds is 9. The summed E-state index contributed by atoms with van der Waals surface area (Å²) < 4.78 is 37.0. The van der Waals surface area contributed by atoms with E-state index in [-0.39, 0.29) is 24.4 Å². The molecule has 184 valence electrons. The van der Waals surface area contributed by atoms with Crippen molar-refractivity contribution in [3.05, 3.63) is 24.0 Å². The number of benzene rings is 1. The first-order valence-corrected chi connectivity index (χ1v) is 13.1. The zero-order chi connectivity index (χ0) is 24.2. The SMILES string of the molecule is CCC(=O)NCCNS(=O)(=O)N(C)c1ccc2c(c1)nc(C(C)(C)C)n2CC1CCOCC1. The molecular formula is C23H37N5O4S. The second-order valence-corrected chi connectivity index (χ2v) is 11.4. The van der Waals surface area contributed by atoms with Crippen molar-refractivity contribution >= 4 is 32.8 Å². The van der Waals surface area contributed by atoms with Crippen molar-refractivity contribution in [2.75, 3.05) is 37.7 Å². The average Bonchev–Trinajstić information content (AvgIpc) is 3.14. The second-order valence-electron chi connectivity index (χ2n) is 9.60. The molecule has 1 fully saturated rings. The number of carbonyl (C=O) groups excluding carboxylic acids is 1. The van der Waals surface area contributed by atoms with Crippen LogP contribution in [0, 0.1) is 5.92 Å². The van der Waals surface area contributed by atoms with Crippen molar-refractivity contribution in [1.82, 2.24) is 19.6 Å². The van der Waals surface area contributed by atoms with Crippen LogP contribution in [-0.2, 0) is 31.7 Å². The standard InChI is InChI=1S/C23H37N5O4S/c1-6-21(29)24-11-12-25-33(30,31)27(5)18-7-8-20-19(15-18)26-22(23(2,3)4)28(20)16-17-9-13-32-14-10-17/h7-8,15,17,25H,6,9-14,16H2,1-5H3,(H,24,29). The van der Waals surface area contributed by atoms with E-state index < -0.39 is 10.2 Å². The summed E-state index contributed by atoms with van der Waals surface area (Å²) >= 11 is 0. The van der Waals surface area contributed by atoms with Crippen molar-refractivity contribution in [3.8, 4) is 0 Å². The minimum Gasteiger partial charge on any atom is -0.381 e. The number of hydrogen-bond donors (Lipinski definition) is 2. The van der Waals surface area contributed by atoms with E-state index in [1.54, 1.807) is 6.92 Å². The molecule has 3 rings (SSSR count). The predicted molar refractivity (Wildman–Crippen MR) is 131 cm³/mol. The van der Waals surface area contributed by atoms with E-state index >= 15 is 0 Å². The molecule has 9 nitrogen and oxygen atoms in total. The summed E-state index contributed by atoms with van der Waals surface area (Å²) in [5.41, 5.74) is 2.18. The zero-order valence-corrected chi connectivity index (χ0v) is 21.2. The quantitative estimate of drug-likeness (QED) is 0.538. The summed E-state index contributed by atoms with van der Waals surface area (Å²) in [7, 11) is -2.25. The highest BCUT2D eigenvalue weighted by Crippen LogP contribution is 2.31. The molecule has 2 aromatic rings. The van der Waals surface area contributed by atoms with E-state index in [4.69, 9.17) is 9.72 Å². The second kappa shape index (κ2) is 10.4. The number of carbonyl (C=O) groups is 1. The Labute approximate surface area is 197 Å².